The first-order valence-corrected chi connectivity index (χ1v) is 9.65. The number of rotatable bonds is 9. The summed E-state index contributed by atoms with van der Waals surface area (Å²) in [4.78, 5) is 12.2. The average molecular weight is 367 g/mol. The number of carbonyl (C=O) groups excluding carboxylic acids is 1. The van der Waals surface area contributed by atoms with E-state index in [0.29, 0.717) is 5.92 Å². The number of nitrogens with one attached hydrogen (secondary N) is 1. The molecule has 1 amide bonds. The maximum Gasteiger partial charge on any atom is 0.277 e. The van der Waals surface area contributed by atoms with Crippen molar-refractivity contribution in [2.75, 3.05) is 6.61 Å². The topological polar surface area (TPSA) is 50.7 Å². The molecule has 0 heterocycles. The fourth-order valence-corrected chi connectivity index (χ4v) is 2.79. The lowest BCUT2D eigenvalue weighted by Gasteiger charge is -2.14. The van der Waals surface area contributed by atoms with Crippen molar-refractivity contribution in [2.24, 2.45) is 5.10 Å². The Labute approximate surface area is 162 Å². The van der Waals surface area contributed by atoms with Gasteiger partial charge in [-0.05, 0) is 48.4 Å². The lowest BCUT2D eigenvalue weighted by Crippen LogP contribution is -2.26. The second kappa shape index (κ2) is 10.5. The van der Waals surface area contributed by atoms with Gasteiger partial charge in [-0.15, -0.1) is 0 Å². The zero-order valence-corrected chi connectivity index (χ0v) is 16.8. The second-order valence-electron chi connectivity index (χ2n) is 7.05. The number of amides is 1. The number of carbonyl (C=O) groups is 1. The quantitative estimate of drug-likeness (QED) is 0.489. The van der Waals surface area contributed by atoms with Crippen LogP contribution in [-0.4, -0.2) is 18.2 Å². The zero-order chi connectivity index (χ0) is 19.6. The Balaban J connectivity index is 2.01. The maximum absolute atomic E-state index is 12.2. The molecule has 2 aromatic carbocycles. The van der Waals surface area contributed by atoms with Crippen molar-refractivity contribution in [3.8, 4) is 5.75 Å². The van der Waals surface area contributed by atoms with Gasteiger partial charge in [0.05, 0.1) is 5.71 Å². The molecule has 2 aromatic rings. The van der Waals surface area contributed by atoms with Gasteiger partial charge in [-0.2, -0.15) is 5.10 Å². The summed E-state index contributed by atoms with van der Waals surface area (Å²) in [5.74, 6) is 0.843. The smallest absolute Gasteiger partial charge is 0.277 e. The van der Waals surface area contributed by atoms with Crippen molar-refractivity contribution < 1.29 is 9.53 Å². The van der Waals surface area contributed by atoms with Crippen LogP contribution in [0.15, 0.2) is 53.6 Å². The summed E-state index contributed by atoms with van der Waals surface area (Å²) >= 11 is 0. The highest BCUT2D eigenvalue weighted by Crippen LogP contribution is 2.27. The van der Waals surface area contributed by atoms with Crippen LogP contribution in [0.4, 0.5) is 0 Å². The molecule has 0 saturated carbocycles. The first-order chi connectivity index (χ1) is 13.0. The van der Waals surface area contributed by atoms with Gasteiger partial charge in [0, 0.05) is 0 Å². The van der Waals surface area contributed by atoms with Gasteiger partial charge < -0.3 is 4.74 Å². The van der Waals surface area contributed by atoms with Crippen LogP contribution in [0.3, 0.4) is 0 Å². The molecule has 0 aliphatic heterocycles. The van der Waals surface area contributed by atoms with Crippen LogP contribution in [0.25, 0.3) is 0 Å². The van der Waals surface area contributed by atoms with Crippen LogP contribution in [0.1, 0.15) is 62.6 Å². The number of hydrogen-bond acceptors (Lipinski definition) is 3. The molecule has 0 fully saturated rings. The van der Waals surface area contributed by atoms with Gasteiger partial charge in [-0.25, -0.2) is 5.43 Å². The average Bonchev–Trinajstić information content (AvgIpc) is 2.67. The Morgan fingerprint density at radius 3 is 2.56 bits per heavy atom. The van der Waals surface area contributed by atoms with E-state index >= 15 is 0 Å². The fourth-order valence-electron chi connectivity index (χ4n) is 2.79. The third-order valence-electron chi connectivity index (χ3n) is 4.34. The number of hydrazone groups is 1. The van der Waals surface area contributed by atoms with E-state index in [9.17, 15) is 4.79 Å². The predicted octanol–water partition coefficient (Wildman–Crippen LogP) is 5.21. The Morgan fingerprint density at radius 1 is 1.15 bits per heavy atom. The first kappa shape index (κ1) is 20.7. The number of aryl methyl sites for hydroxylation is 1. The molecule has 144 valence electrons. The lowest BCUT2D eigenvalue weighted by molar-refractivity contribution is -0.123. The summed E-state index contributed by atoms with van der Waals surface area (Å²) in [6.45, 7) is 8.33. The van der Waals surface area contributed by atoms with Crippen molar-refractivity contribution in [1.29, 1.82) is 0 Å². The molecule has 0 unspecified atom stereocenters. The van der Waals surface area contributed by atoms with E-state index in [2.05, 4.69) is 43.4 Å². The number of ether oxygens (including phenoxy) is 1. The van der Waals surface area contributed by atoms with Gasteiger partial charge in [0.15, 0.2) is 6.61 Å². The van der Waals surface area contributed by atoms with Crippen molar-refractivity contribution in [3.05, 3.63) is 65.2 Å². The fraction of sp³-hybridized carbons (Fsp3) is 0.391. The molecular formula is C23H30N2O2. The summed E-state index contributed by atoms with van der Waals surface area (Å²) in [7, 11) is 0. The Bertz CT molecular complexity index is 767. The highest BCUT2D eigenvalue weighted by molar-refractivity contribution is 6.01. The highest BCUT2D eigenvalue weighted by atomic mass is 16.5. The van der Waals surface area contributed by atoms with E-state index < -0.39 is 0 Å². The van der Waals surface area contributed by atoms with Crippen LogP contribution in [-0.2, 0) is 4.79 Å². The standard InChI is InChI=1S/C23H30N2O2/c1-5-6-12-21(19-10-8-7-9-11-19)24-25-23(26)16-27-22-15-18(4)13-14-20(22)17(2)3/h7-11,13-15,17H,5-6,12,16H2,1-4H3,(H,25,26). The molecule has 0 aliphatic carbocycles. The van der Waals surface area contributed by atoms with Gasteiger partial charge in [0.1, 0.15) is 5.75 Å². The monoisotopic (exact) mass is 366 g/mol. The number of unbranched alkanes of at least 4 members (excludes halogenated alkanes) is 1. The second-order valence-corrected chi connectivity index (χ2v) is 7.05. The molecule has 1 N–H and O–H groups in total. The summed E-state index contributed by atoms with van der Waals surface area (Å²) in [6.07, 6.45) is 2.94. The van der Waals surface area contributed by atoms with Gasteiger partial charge >= 0.3 is 0 Å². The van der Waals surface area contributed by atoms with E-state index in [4.69, 9.17) is 4.74 Å². The van der Waals surface area contributed by atoms with E-state index in [1.807, 2.05) is 43.3 Å². The summed E-state index contributed by atoms with van der Waals surface area (Å²) in [5, 5.41) is 4.36. The summed E-state index contributed by atoms with van der Waals surface area (Å²) < 4.78 is 5.78. The molecule has 2 rings (SSSR count). The number of hydrogen-bond donors (Lipinski definition) is 1. The molecule has 0 atom stereocenters. The molecule has 0 bridgehead atoms. The highest BCUT2D eigenvalue weighted by Gasteiger charge is 2.10. The minimum atomic E-state index is -0.254. The largest absolute Gasteiger partial charge is 0.483 e. The van der Waals surface area contributed by atoms with Crippen molar-refractivity contribution >= 4 is 11.6 Å². The van der Waals surface area contributed by atoms with Crippen LogP contribution in [0, 0.1) is 6.92 Å². The molecular weight excluding hydrogens is 336 g/mol. The number of nitrogens with zero attached hydrogens (tertiary/aromatic N) is 1. The Kier molecular flexibility index (Phi) is 8.05. The predicted molar refractivity (Wildman–Crippen MR) is 111 cm³/mol. The summed E-state index contributed by atoms with van der Waals surface area (Å²) in [5.41, 5.74) is 6.79. The zero-order valence-electron chi connectivity index (χ0n) is 16.8. The van der Waals surface area contributed by atoms with Crippen LogP contribution < -0.4 is 10.2 Å². The molecule has 0 radical (unpaired) electrons. The minimum Gasteiger partial charge on any atom is -0.483 e. The van der Waals surface area contributed by atoms with Gasteiger partial charge in [0.25, 0.3) is 5.91 Å². The van der Waals surface area contributed by atoms with Gasteiger partial charge in [-0.3, -0.25) is 4.79 Å². The van der Waals surface area contributed by atoms with Gasteiger partial charge in [0.2, 0.25) is 0 Å². The van der Waals surface area contributed by atoms with E-state index in [-0.39, 0.29) is 12.5 Å². The Hall–Kier alpha value is -2.62. The van der Waals surface area contributed by atoms with Crippen molar-refractivity contribution in [3.63, 3.8) is 0 Å². The SMILES string of the molecule is CCCCC(=NNC(=O)COc1cc(C)ccc1C(C)C)c1ccccc1. The summed E-state index contributed by atoms with van der Waals surface area (Å²) in [6, 6.07) is 16.1. The third kappa shape index (κ3) is 6.55. The lowest BCUT2D eigenvalue weighted by atomic mass is 10.0. The van der Waals surface area contributed by atoms with E-state index in [0.717, 1.165) is 47.4 Å². The molecule has 0 saturated heterocycles. The maximum atomic E-state index is 12.2. The van der Waals surface area contributed by atoms with Gasteiger partial charge in [-0.1, -0.05) is 69.7 Å². The van der Waals surface area contributed by atoms with Crippen molar-refractivity contribution in [2.45, 2.75) is 52.9 Å². The van der Waals surface area contributed by atoms with Crippen LogP contribution in [0.2, 0.25) is 0 Å². The van der Waals surface area contributed by atoms with E-state index in [1.165, 1.54) is 0 Å². The minimum absolute atomic E-state index is 0.0531. The molecule has 4 nitrogen and oxygen atoms in total. The number of benzene rings is 2. The molecule has 0 aliphatic rings. The molecule has 4 heteroatoms. The first-order valence-electron chi connectivity index (χ1n) is 9.65. The van der Waals surface area contributed by atoms with E-state index in [1.54, 1.807) is 0 Å². The van der Waals surface area contributed by atoms with Crippen molar-refractivity contribution in [1.82, 2.24) is 5.43 Å². The molecule has 0 aromatic heterocycles. The normalized spacial score (nSPS) is 11.5. The molecule has 27 heavy (non-hydrogen) atoms. The Morgan fingerprint density at radius 2 is 1.89 bits per heavy atom. The van der Waals surface area contributed by atoms with Crippen LogP contribution in [0.5, 0.6) is 5.75 Å². The molecule has 0 spiro atoms. The third-order valence-corrected chi connectivity index (χ3v) is 4.34. The van der Waals surface area contributed by atoms with Crippen LogP contribution >= 0.6 is 0 Å².